The zero-order chi connectivity index (χ0) is 23.3. The summed E-state index contributed by atoms with van der Waals surface area (Å²) in [7, 11) is -3.60. The van der Waals surface area contributed by atoms with E-state index in [-0.39, 0.29) is 16.7 Å². The molecule has 0 radical (unpaired) electrons. The van der Waals surface area contributed by atoms with E-state index in [4.69, 9.17) is 5.26 Å². The van der Waals surface area contributed by atoms with Gasteiger partial charge in [0.05, 0.1) is 16.5 Å². The Morgan fingerprint density at radius 2 is 1.58 bits per heavy atom. The molecule has 1 aromatic carbocycles. The topological polar surface area (TPSA) is 84.7 Å². The lowest BCUT2D eigenvalue weighted by molar-refractivity contribution is -0.136. The molecule has 7 nitrogen and oxygen atoms in total. The molecule has 3 fully saturated rings. The molecule has 1 aromatic rings. The highest BCUT2D eigenvalue weighted by atomic mass is 32.2. The number of benzene rings is 1. The van der Waals surface area contributed by atoms with Crippen LogP contribution >= 0.6 is 0 Å². The lowest BCUT2D eigenvalue weighted by atomic mass is 9.89. The highest BCUT2D eigenvalue weighted by molar-refractivity contribution is 7.89. The van der Waals surface area contributed by atoms with Gasteiger partial charge in [-0.1, -0.05) is 19.3 Å². The van der Waals surface area contributed by atoms with Crippen molar-refractivity contribution in [3.05, 3.63) is 29.8 Å². The van der Waals surface area contributed by atoms with E-state index in [1.165, 1.54) is 67.2 Å². The molecule has 8 heteroatoms. The van der Waals surface area contributed by atoms with Crippen molar-refractivity contribution in [3.8, 4) is 6.07 Å². The third kappa shape index (κ3) is 5.95. The molecule has 2 heterocycles. The lowest BCUT2D eigenvalue weighted by Crippen LogP contribution is -2.45. The predicted octanol–water partition coefficient (Wildman–Crippen LogP) is 3.07. The van der Waals surface area contributed by atoms with Crippen LogP contribution in [0.15, 0.2) is 29.2 Å². The van der Waals surface area contributed by atoms with Gasteiger partial charge in [-0.3, -0.25) is 4.79 Å². The van der Waals surface area contributed by atoms with Crippen molar-refractivity contribution in [1.82, 2.24) is 14.1 Å². The van der Waals surface area contributed by atoms with E-state index in [0.717, 1.165) is 38.5 Å². The van der Waals surface area contributed by atoms with E-state index in [2.05, 4.69) is 4.90 Å². The largest absolute Gasteiger partial charge is 0.341 e. The summed E-state index contributed by atoms with van der Waals surface area (Å²) in [6.07, 6.45) is 8.96. The Hall–Kier alpha value is -1.95. The SMILES string of the molecule is N#Cc1ccc(S(=O)(=O)N2CCC(C(=O)N3CCCN(CC4CCCCC4)CC3)CC2)cc1. The minimum Gasteiger partial charge on any atom is -0.341 e. The number of nitriles is 1. The Morgan fingerprint density at radius 1 is 0.879 bits per heavy atom. The number of amides is 1. The van der Waals surface area contributed by atoms with Crippen molar-refractivity contribution in [1.29, 1.82) is 5.26 Å². The first kappa shape index (κ1) is 24.2. The van der Waals surface area contributed by atoms with Crippen molar-refractivity contribution < 1.29 is 13.2 Å². The van der Waals surface area contributed by atoms with Crippen molar-refractivity contribution in [2.45, 2.75) is 56.3 Å². The van der Waals surface area contributed by atoms with Crippen LogP contribution in [0.1, 0.15) is 56.9 Å². The molecule has 1 saturated carbocycles. The number of nitrogens with zero attached hydrogens (tertiary/aromatic N) is 4. The molecule has 2 aliphatic heterocycles. The van der Waals surface area contributed by atoms with Crippen molar-refractivity contribution in [2.24, 2.45) is 11.8 Å². The zero-order valence-corrected chi connectivity index (χ0v) is 20.3. The summed E-state index contributed by atoms with van der Waals surface area (Å²) in [4.78, 5) is 18.0. The Labute approximate surface area is 198 Å². The van der Waals surface area contributed by atoms with E-state index >= 15 is 0 Å². The van der Waals surface area contributed by atoms with Gasteiger partial charge >= 0.3 is 0 Å². The number of carbonyl (C=O) groups excluding carboxylic acids is 1. The van der Waals surface area contributed by atoms with Crippen LogP contribution in [0.2, 0.25) is 0 Å². The third-order valence-corrected chi connectivity index (χ3v) is 9.48. The summed E-state index contributed by atoms with van der Waals surface area (Å²) >= 11 is 0. The minimum absolute atomic E-state index is 0.0951. The molecule has 0 aromatic heterocycles. The second-order valence-electron chi connectivity index (χ2n) is 9.80. The van der Waals surface area contributed by atoms with Crippen molar-refractivity contribution in [2.75, 3.05) is 45.8 Å². The fourth-order valence-corrected chi connectivity index (χ4v) is 7.03. The van der Waals surface area contributed by atoms with Gasteiger partial charge in [0.25, 0.3) is 0 Å². The molecule has 4 rings (SSSR count). The van der Waals surface area contributed by atoms with E-state index in [1.807, 2.05) is 11.0 Å². The van der Waals surface area contributed by atoms with Crippen LogP contribution in [0.3, 0.4) is 0 Å². The molecule has 33 heavy (non-hydrogen) atoms. The number of hydrogen-bond acceptors (Lipinski definition) is 5. The Morgan fingerprint density at radius 3 is 2.24 bits per heavy atom. The number of hydrogen-bond donors (Lipinski definition) is 0. The van der Waals surface area contributed by atoms with Gasteiger partial charge in [-0.25, -0.2) is 8.42 Å². The van der Waals surface area contributed by atoms with E-state index in [0.29, 0.717) is 31.5 Å². The van der Waals surface area contributed by atoms with Crippen LogP contribution in [0.4, 0.5) is 0 Å². The normalized spacial score (nSPS) is 22.6. The monoisotopic (exact) mass is 472 g/mol. The summed E-state index contributed by atoms with van der Waals surface area (Å²) < 4.78 is 27.4. The van der Waals surface area contributed by atoms with Gasteiger partial charge in [0.2, 0.25) is 15.9 Å². The fraction of sp³-hybridized carbons (Fsp3) is 0.680. The average molecular weight is 473 g/mol. The highest BCUT2D eigenvalue weighted by Crippen LogP contribution is 2.27. The number of carbonyl (C=O) groups is 1. The van der Waals surface area contributed by atoms with Crippen LogP contribution in [-0.4, -0.2) is 74.2 Å². The Balaban J connectivity index is 1.27. The molecule has 0 N–H and O–H groups in total. The molecule has 2 saturated heterocycles. The molecule has 0 atom stereocenters. The van der Waals surface area contributed by atoms with Gasteiger partial charge in [0.15, 0.2) is 0 Å². The quantitative estimate of drug-likeness (QED) is 0.658. The lowest BCUT2D eigenvalue weighted by Gasteiger charge is -2.33. The Kier molecular flexibility index (Phi) is 8.05. The van der Waals surface area contributed by atoms with Gasteiger partial charge in [-0.2, -0.15) is 9.57 Å². The average Bonchev–Trinajstić information content (AvgIpc) is 3.10. The Bertz CT molecular complexity index is 943. The summed E-state index contributed by atoms with van der Waals surface area (Å²) in [5, 5.41) is 8.93. The molecular weight excluding hydrogens is 436 g/mol. The molecule has 180 valence electrons. The first-order valence-corrected chi connectivity index (χ1v) is 13.9. The summed E-state index contributed by atoms with van der Waals surface area (Å²) in [5.74, 6) is 0.927. The van der Waals surface area contributed by atoms with Crippen molar-refractivity contribution >= 4 is 15.9 Å². The molecular formula is C25H36N4O3S. The summed E-state index contributed by atoms with van der Waals surface area (Å²) in [6, 6.07) is 8.04. The highest BCUT2D eigenvalue weighted by Gasteiger charge is 2.34. The third-order valence-electron chi connectivity index (χ3n) is 7.57. The fourth-order valence-electron chi connectivity index (χ4n) is 5.56. The zero-order valence-electron chi connectivity index (χ0n) is 19.5. The molecule has 0 spiro atoms. The maximum atomic E-state index is 13.2. The summed E-state index contributed by atoms with van der Waals surface area (Å²) in [5.41, 5.74) is 0.438. The molecule has 0 bridgehead atoms. The number of piperidine rings is 1. The van der Waals surface area contributed by atoms with Gasteiger partial charge in [-0.15, -0.1) is 0 Å². The van der Waals surface area contributed by atoms with Crippen LogP contribution in [0.5, 0.6) is 0 Å². The minimum atomic E-state index is -3.60. The van der Waals surface area contributed by atoms with Gasteiger partial charge in [-0.05, 0) is 68.8 Å². The molecule has 1 amide bonds. The maximum absolute atomic E-state index is 13.2. The number of sulfonamides is 1. The van der Waals surface area contributed by atoms with E-state index < -0.39 is 10.0 Å². The second-order valence-corrected chi connectivity index (χ2v) is 11.7. The molecule has 1 aliphatic carbocycles. The van der Waals surface area contributed by atoms with Crippen LogP contribution in [-0.2, 0) is 14.8 Å². The van der Waals surface area contributed by atoms with Gasteiger partial charge < -0.3 is 9.80 Å². The van der Waals surface area contributed by atoms with Crippen molar-refractivity contribution in [3.63, 3.8) is 0 Å². The smallest absolute Gasteiger partial charge is 0.243 e. The first-order chi connectivity index (χ1) is 16.0. The number of rotatable bonds is 5. The van der Waals surface area contributed by atoms with E-state index in [1.54, 1.807) is 0 Å². The van der Waals surface area contributed by atoms with Crippen LogP contribution in [0, 0.1) is 23.2 Å². The van der Waals surface area contributed by atoms with Crippen LogP contribution < -0.4 is 0 Å². The maximum Gasteiger partial charge on any atom is 0.243 e. The second kappa shape index (κ2) is 11.0. The first-order valence-electron chi connectivity index (χ1n) is 12.5. The van der Waals surface area contributed by atoms with Crippen LogP contribution in [0.25, 0.3) is 0 Å². The predicted molar refractivity (Wildman–Crippen MR) is 127 cm³/mol. The standard InChI is InChI=1S/C25H36N4O3S/c26-19-21-7-9-24(10-8-21)33(31,32)29-15-11-23(12-16-29)25(30)28-14-4-13-27(17-18-28)20-22-5-2-1-3-6-22/h7-10,22-23H,1-6,11-18,20H2. The summed E-state index contributed by atoms with van der Waals surface area (Å²) in [6.45, 7) is 5.52. The van der Waals surface area contributed by atoms with E-state index in [9.17, 15) is 13.2 Å². The van der Waals surface area contributed by atoms with Gasteiger partial charge in [0, 0.05) is 45.2 Å². The molecule has 3 aliphatic rings. The van der Waals surface area contributed by atoms with Gasteiger partial charge in [0.1, 0.15) is 0 Å². The molecule has 0 unspecified atom stereocenters.